The Hall–Kier alpha value is -0.430. The average molecular weight is 515 g/mol. The number of sulfonamides is 1. The van der Waals surface area contributed by atoms with Crippen molar-refractivity contribution in [2.24, 2.45) is 4.99 Å². The molecule has 1 fully saturated rings. The van der Waals surface area contributed by atoms with Gasteiger partial charge in [0.1, 0.15) is 4.21 Å². The Labute approximate surface area is 178 Å². The average Bonchev–Trinajstić information content (AvgIpc) is 3.28. The Morgan fingerprint density at radius 1 is 1.38 bits per heavy atom. The van der Waals surface area contributed by atoms with Gasteiger partial charge in [-0.1, -0.05) is 19.9 Å². The molecule has 1 saturated heterocycles. The van der Waals surface area contributed by atoms with Crippen LogP contribution in [0.2, 0.25) is 0 Å². The molecule has 0 spiro atoms. The molecule has 1 aliphatic heterocycles. The van der Waals surface area contributed by atoms with Crippen LogP contribution in [0.15, 0.2) is 26.7 Å². The minimum Gasteiger partial charge on any atom is -0.355 e. The van der Waals surface area contributed by atoms with Gasteiger partial charge in [0.25, 0.3) is 0 Å². The normalized spacial score (nSPS) is 18.2. The second kappa shape index (κ2) is 11.4. The molecule has 0 amide bonds. The fourth-order valence-corrected chi connectivity index (χ4v) is 5.22. The lowest BCUT2D eigenvalue weighted by molar-refractivity contribution is 0.223. The number of aliphatic imine (C=N–C) groups is 1. The van der Waals surface area contributed by atoms with Crippen LogP contribution >= 0.6 is 35.3 Å². The van der Waals surface area contributed by atoms with E-state index in [-0.39, 0.29) is 24.0 Å². The fraction of sp³-hybridized carbons (Fsp3) is 0.688. The zero-order valence-corrected chi connectivity index (χ0v) is 19.6. The molecule has 0 bridgehead atoms. The van der Waals surface area contributed by atoms with Crippen LogP contribution in [0, 0.1) is 0 Å². The maximum absolute atomic E-state index is 12.1. The molecule has 1 unspecified atom stereocenters. The number of hydrogen-bond acceptors (Lipinski definition) is 5. The van der Waals surface area contributed by atoms with Crippen molar-refractivity contribution in [3.05, 3.63) is 17.5 Å². The molecule has 7 nitrogen and oxygen atoms in total. The summed E-state index contributed by atoms with van der Waals surface area (Å²) in [5.41, 5.74) is 0. The van der Waals surface area contributed by atoms with Crippen molar-refractivity contribution in [3.63, 3.8) is 0 Å². The highest BCUT2D eigenvalue weighted by Crippen LogP contribution is 2.16. The molecule has 0 aromatic carbocycles. The number of nitrogens with one attached hydrogen (secondary N) is 2. The van der Waals surface area contributed by atoms with E-state index >= 15 is 0 Å². The van der Waals surface area contributed by atoms with Crippen molar-refractivity contribution in [2.45, 2.75) is 30.5 Å². The molecule has 26 heavy (non-hydrogen) atoms. The van der Waals surface area contributed by atoms with Gasteiger partial charge in [-0.15, -0.1) is 35.3 Å². The van der Waals surface area contributed by atoms with Crippen LogP contribution < -0.4 is 10.0 Å². The monoisotopic (exact) mass is 515 g/mol. The summed E-state index contributed by atoms with van der Waals surface area (Å²) in [6.07, 6.45) is 1.13. The number of nitrogens with zero attached hydrogens (tertiary/aromatic N) is 3. The van der Waals surface area contributed by atoms with E-state index in [9.17, 15) is 8.42 Å². The van der Waals surface area contributed by atoms with E-state index in [1.165, 1.54) is 11.3 Å². The lowest BCUT2D eigenvalue weighted by Crippen LogP contribution is -2.45. The summed E-state index contributed by atoms with van der Waals surface area (Å²) < 4.78 is 27.1. The van der Waals surface area contributed by atoms with E-state index in [0.717, 1.165) is 38.6 Å². The lowest BCUT2D eigenvalue weighted by atomic mass is 10.2. The number of thiophene rings is 1. The number of halogens is 1. The van der Waals surface area contributed by atoms with E-state index in [4.69, 9.17) is 0 Å². The number of likely N-dealkylation sites (N-methyl/N-ethyl adjacent to an activating group) is 1. The van der Waals surface area contributed by atoms with Crippen molar-refractivity contribution in [3.8, 4) is 0 Å². The predicted octanol–water partition coefficient (Wildman–Crippen LogP) is 1.64. The van der Waals surface area contributed by atoms with Crippen LogP contribution in [0.3, 0.4) is 0 Å². The Morgan fingerprint density at radius 2 is 2.12 bits per heavy atom. The molecule has 1 aliphatic rings. The van der Waals surface area contributed by atoms with Gasteiger partial charge in [-0.3, -0.25) is 9.89 Å². The van der Waals surface area contributed by atoms with Gasteiger partial charge in [0.15, 0.2) is 5.96 Å². The second-order valence-corrected chi connectivity index (χ2v) is 8.86. The molecule has 1 atom stereocenters. The fourth-order valence-electron chi connectivity index (χ4n) is 3.15. The molecule has 1 aromatic heterocycles. The van der Waals surface area contributed by atoms with E-state index in [1.807, 2.05) is 0 Å². The van der Waals surface area contributed by atoms with Crippen molar-refractivity contribution in [1.29, 1.82) is 0 Å². The maximum Gasteiger partial charge on any atom is 0.250 e. The summed E-state index contributed by atoms with van der Waals surface area (Å²) >= 11 is 1.22. The van der Waals surface area contributed by atoms with Gasteiger partial charge >= 0.3 is 0 Å². The third-order valence-corrected chi connectivity index (χ3v) is 7.32. The Kier molecular flexibility index (Phi) is 10.4. The molecular weight excluding hydrogens is 485 g/mol. The van der Waals surface area contributed by atoms with Gasteiger partial charge in [0, 0.05) is 39.3 Å². The van der Waals surface area contributed by atoms with Crippen LogP contribution in [0.1, 0.15) is 20.3 Å². The van der Waals surface area contributed by atoms with Gasteiger partial charge in [0.05, 0.1) is 0 Å². The van der Waals surface area contributed by atoms with Crippen LogP contribution in [0.5, 0.6) is 0 Å². The van der Waals surface area contributed by atoms with Gasteiger partial charge in [-0.2, -0.15) is 0 Å². The van der Waals surface area contributed by atoms with Crippen molar-refractivity contribution < 1.29 is 8.42 Å². The molecular formula is C16H30IN5O2S2. The molecule has 2 rings (SSSR count). The first-order valence-corrected chi connectivity index (χ1v) is 11.1. The molecule has 1 aromatic rings. The highest BCUT2D eigenvalue weighted by molar-refractivity contribution is 14.0. The summed E-state index contributed by atoms with van der Waals surface area (Å²) in [7, 11) is -1.63. The second-order valence-electron chi connectivity index (χ2n) is 5.91. The summed E-state index contributed by atoms with van der Waals surface area (Å²) in [5, 5.41) is 5.02. The highest BCUT2D eigenvalue weighted by Gasteiger charge is 2.27. The Morgan fingerprint density at radius 3 is 2.69 bits per heavy atom. The minimum atomic E-state index is -3.40. The molecule has 2 N–H and O–H groups in total. The number of rotatable bonds is 8. The van der Waals surface area contributed by atoms with E-state index in [2.05, 4.69) is 38.7 Å². The summed E-state index contributed by atoms with van der Waals surface area (Å²) in [6, 6.07) is 3.90. The highest BCUT2D eigenvalue weighted by atomic mass is 127. The first-order chi connectivity index (χ1) is 12.0. The number of guanidine groups is 1. The Balaban J connectivity index is 0.00000338. The zero-order chi connectivity index (χ0) is 18.3. The first-order valence-electron chi connectivity index (χ1n) is 8.74. The SMILES string of the molecule is CCN(CC)C1CCN(C(=NC)NCCNS(=O)(=O)c2cccs2)C1.I. The summed E-state index contributed by atoms with van der Waals surface area (Å²) in [4.78, 5) is 9.06. The largest absolute Gasteiger partial charge is 0.355 e. The quantitative estimate of drug-likeness (QED) is 0.238. The summed E-state index contributed by atoms with van der Waals surface area (Å²) in [5.74, 6) is 0.838. The standard InChI is InChI=1S/C16H29N5O2S2.HI/c1-4-20(5-2)14-8-11-21(13-14)16(17-3)18-9-10-19-25(22,23)15-7-6-12-24-15;/h6-7,12,14,19H,4-5,8-11,13H2,1-3H3,(H,17,18);1H. The van der Waals surface area contributed by atoms with Crippen molar-refractivity contribution >= 4 is 51.3 Å². The molecule has 10 heteroatoms. The zero-order valence-electron chi connectivity index (χ0n) is 15.6. The molecule has 2 heterocycles. The predicted molar refractivity (Wildman–Crippen MR) is 119 cm³/mol. The lowest BCUT2D eigenvalue weighted by Gasteiger charge is -2.27. The van der Waals surface area contributed by atoms with E-state index < -0.39 is 10.0 Å². The van der Waals surface area contributed by atoms with Crippen LogP contribution in [0.4, 0.5) is 0 Å². The van der Waals surface area contributed by atoms with Crippen molar-refractivity contribution in [1.82, 2.24) is 19.8 Å². The molecule has 0 radical (unpaired) electrons. The van der Waals surface area contributed by atoms with Crippen LogP contribution in [-0.4, -0.2) is 76.5 Å². The minimum absolute atomic E-state index is 0. The van der Waals surface area contributed by atoms with E-state index in [0.29, 0.717) is 23.3 Å². The molecule has 150 valence electrons. The van der Waals surface area contributed by atoms with Gasteiger partial charge < -0.3 is 10.2 Å². The van der Waals surface area contributed by atoms with Crippen LogP contribution in [-0.2, 0) is 10.0 Å². The first kappa shape index (κ1) is 23.6. The topological polar surface area (TPSA) is 77.0 Å². The van der Waals surface area contributed by atoms with Gasteiger partial charge in [0.2, 0.25) is 10.0 Å². The van der Waals surface area contributed by atoms with Crippen LogP contribution in [0.25, 0.3) is 0 Å². The van der Waals surface area contributed by atoms with Crippen molar-refractivity contribution in [2.75, 3.05) is 46.3 Å². The molecule has 0 saturated carbocycles. The third kappa shape index (κ3) is 6.32. The van der Waals surface area contributed by atoms with Gasteiger partial charge in [-0.05, 0) is 31.0 Å². The maximum atomic E-state index is 12.1. The van der Waals surface area contributed by atoms with Gasteiger partial charge in [-0.25, -0.2) is 13.1 Å². The Bertz CT molecular complexity index is 648. The smallest absolute Gasteiger partial charge is 0.250 e. The molecule has 0 aliphatic carbocycles. The number of hydrogen-bond donors (Lipinski definition) is 2. The summed E-state index contributed by atoms with van der Waals surface area (Å²) in [6.45, 7) is 9.27. The van der Waals surface area contributed by atoms with E-state index in [1.54, 1.807) is 24.6 Å². The third-order valence-electron chi connectivity index (χ3n) is 4.46. The number of likely N-dealkylation sites (tertiary alicyclic amines) is 1.